The highest BCUT2D eigenvalue weighted by Gasteiger charge is 2.32. The Morgan fingerprint density at radius 3 is 0.931 bits per heavy atom. The van der Waals surface area contributed by atoms with Crippen LogP contribution in [0.1, 0.15) is 41.5 Å². The van der Waals surface area contributed by atoms with E-state index in [0.29, 0.717) is 15.7 Å². The van der Waals surface area contributed by atoms with E-state index in [1.54, 1.807) is 0 Å². The largest absolute Gasteiger partial charge is 0.0879 e. The third-order valence-electron chi connectivity index (χ3n) is 4.56. The zero-order chi connectivity index (χ0) is 21.5. The lowest BCUT2D eigenvalue weighted by Crippen LogP contribution is -2.32. The normalized spacial score (nSPS) is 11.9. The Morgan fingerprint density at radius 1 is 0.517 bits per heavy atom. The molecule has 3 aromatic carbocycles. The van der Waals surface area contributed by atoms with Gasteiger partial charge >= 0.3 is 0 Å². The molecule has 0 aliphatic carbocycles. The number of hydrogen-bond acceptors (Lipinski definition) is 0. The van der Waals surface area contributed by atoms with Crippen LogP contribution in [0.4, 0.5) is 0 Å². The van der Waals surface area contributed by atoms with Crippen molar-refractivity contribution in [3.63, 3.8) is 0 Å². The molecule has 0 spiro atoms. The summed E-state index contributed by atoms with van der Waals surface area (Å²) < 4.78 is 0. The maximum Gasteiger partial charge on any atom is 0.0242 e. The van der Waals surface area contributed by atoms with Gasteiger partial charge in [0.25, 0.3) is 0 Å². The smallest absolute Gasteiger partial charge is 0.0242 e. The summed E-state index contributed by atoms with van der Waals surface area (Å²) in [6.45, 7) is 13.6. The predicted molar refractivity (Wildman–Crippen MR) is 137 cm³/mol. The van der Waals surface area contributed by atoms with Gasteiger partial charge in [0.05, 0.1) is 0 Å². The molecule has 0 N–H and O–H groups in total. The van der Waals surface area contributed by atoms with Gasteiger partial charge < -0.3 is 0 Å². The van der Waals surface area contributed by atoms with Gasteiger partial charge in [-0.25, -0.2) is 0 Å². The third-order valence-corrected chi connectivity index (χ3v) is 9.75. The van der Waals surface area contributed by atoms with Crippen molar-refractivity contribution < 1.29 is 0 Å². The summed E-state index contributed by atoms with van der Waals surface area (Å²) in [5, 5.41) is 4.19. The van der Waals surface area contributed by atoms with Gasteiger partial charge in [-0.3, -0.25) is 0 Å². The molecule has 0 unspecified atom stereocenters. The second kappa shape index (κ2) is 10.6. The fourth-order valence-electron chi connectivity index (χ4n) is 3.48. The molecule has 0 fully saturated rings. The van der Waals surface area contributed by atoms with E-state index in [1.807, 2.05) is 0 Å². The SMILES string of the molecule is CC(C)(C)C(Br)C(C)(C)C.c1ccc(P(c2ccccc2)c2ccccc2)cc1. The fraction of sp³-hybridized carbons (Fsp3) is 0.333. The van der Waals surface area contributed by atoms with Gasteiger partial charge in [0, 0.05) is 4.83 Å². The summed E-state index contributed by atoms with van der Waals surface area (Å²) >= 11 is 3.72. The van der Waals surface area contributed by atoms with Crippen LogP contribution in [0.25, 0.3) is 0 Å². The van der Waals surface area contributed by atoms with E-state index in [9.17, 15) is 0 Å². The Labute approximate surface area is 187 Å². The van der Waals surface area contributed by atoms with Crippen LogP contribution in [0.15, 0.2) is 91.0 Å². The molecule has 2 heteroatoms. The molecule has 0 bridgehead atoms. The summed E-state index contributed by atoms with van der Waals surface area (Å²) in [4.78, 5) is 0.576. The van der Waals surface area contributed by atoms with Crippen molar-refractivity contribution in [3.05, 3.63) is 91.0 Å². The molecule has 0 saturated heterocycles. The molecule has 0 heterocycles. The molecular weight excluding hydrogens is 435 g/mol. The summed E-state index contributed by atoms with van der Waals surface area (Å²) in [7, 11) is -0.446. The van der Waals surface area contributed by atoms with E-state index in [0.717, 1.165) is 0 Å². The van der Waals surface area contributed by atoms with Crippen molar-refractivity contribution >= 4 is 39.8 Å². The molecule has 0 nitrogen and oxygen atoms in total. The average Bonchev–Trinajstić information content (AvgIpc) is 2.69. The molecule has 0 atom stereocenters. The van der Waals surface area contributed by atoms with Crippen LogP contribution in [0.2, 0.25) is 0 Å². The Hall–Kier alpha value is -1.43. The molecule has 0 aliphatic heterocycles. The highest BCUT2D eigenvalue weighted by molar-refractivity contribution is 9.09. The van der Waals surface area contributed by atoms with Crippen LogP contribution < -0.4 is 15.9 Å². The fourth-order valence-corrected chi connectivity index (χ4v) is 5.78. The molecule has 0 amide bonds. The van der Waals surface area contributed by atoms with Crippen LogP contribution in [0.3, 0.4) is 0 Å². The van der Waals surface area contributed by atoms with Crippen molar-refractivity contribution in [1.82, 2.24) is 0 Å². The van der Waals surface area contributed by atoms with Crippen molar-refractivity contribution in [2.24, 2.45) is 10.8 Å². The minimum Gasteiger partial charge on any atom is -0.0879 e. The first-order chi connectivity index (χ1) is 13.6. The predicted octanol–water partition coefficient (Wildman–Crippen LogP) is 7.29. The maximum atomic E-state index is 3.72. The lowest BCUT2D eigenvalue weighted by atomic mass is 9.77. The molecule has 0 aliphatic rings. The van der Waals surface area contributed by atoms with Crippen molar-refractivity contribution in [2.45, 2.75) is 46.4 Å². The first-order valence-electron chi connectivity index (χ1n) is 10.2. The number of hydrogen-bond donors (Lipinski definition) is 0. The number of halogens is 1. The molecule has 3 rings (SSSR count). The van der Waals surface area contributed by atoms with Crippen molar-refractivity contribution in [1.29, 1.82) is 0 Å². The van der Waals surface area contributed by atoms with Crippen LogP contribution in [0.5, 0.6) is 0 Å². The first-order valence-corrected chi connectivity index (χ1v) is 12.5. The van der Waals surface area contributed by atoms with Gasteiger partial charge in [-0.05, 0) is 34.7 Å². The zero-order valence-corrected chi connectivity index (χ0v) is 21.0. The Bertz CT molecular complexity index is 723. The quantitative estimate of drug-likeness (QED) is 0.279. The van der Waals surface area contributed by atoms with Gasteiger partial charge in [-0.15, -0.1) is 0 Å². The number of benzene rings is 3. The van der Waals surface area contributed by atoms with E-state index < -0.39 is 7.92 Å². The van der Waals surface area contributed by atoms with Crippen molar-refractivity contribution in [3.8, 4) is 0 Å². The van der Waals surface area contributed by atoms with E-state index in [4.69, 9.17) is 0 Å². The summed E-state index contributed by atoms with van der Waals surface area (Å²) in [6, 6.07) is 32.3. The second-order valence-corrected chi connectivity index (χ2v) is 12.6. The highest BCUT2D eigenvalue weighted by atomic mass is 79.9. The Morgan fingerprint density at radius 2 is 0.759 bits per heavy atom. The highest BCUT2D eigenvalue weighted by Crippen LogP contribution is 2.39. The second-order valence-electron chi connectivity index (χ2n) is 9.44. The average molecular weight is 469 g/mol. The maximum absolute atomic E-state index is 3.72. The van der Waals surface area contributed by atoms with E-state index in [-0.39, 0.29) is 0 Å². The standard InChI is InChI=1S/C18H15P.C9H19Br/c1-4-10-16(11-5-1)19(17-12-6-2-7-13-17)18-14-8-3-9-15-18;1-8(2,3)7(10)9(4,5)6/h1-15H;7H,1-6H3. The van der Waals surface area contributed by atoms with Gasteiger partial charge in [-0.1, -0.05) is 148 Å². The van der Waals surface area contributed by atoms with Gasteiger partial charge in [0.1, 0.15) is 0 Å². The van der Waals surface area contributed by atoms with Crippen molar-refractivity contribution in [2.75, 3.05) is 0 Å². The summed E-state index contributed by atoms with van der Waals surface area (Å²) in [5.74, 6) is 0. The van der Waals surface area contributed by atoms with Gasteiger partial charge in [-0.2, -0.15) is 0 Å². The molecule has 154 valence electrons. The zero-order valence-electron chi connectivity index (χ0n) is 18.6. The number of alkyl halides is 1. The molecule has 0 aromatic heterocycles. The first kappa shape index (κ1) is 23.8. The Balaban J connectivity index is 0.000000257. The minimum absolute atomic E-state index is 0.359. The van der Waals surface area contributed by atoms with Gasteiger partial charge in [0.2, 0.25) is 0 Å². The van der Waals surface area contributed by atoms with Crippen LogP contribution in [0, 0.1) is 10.8 Å². The van der Waals surface area contributed by atoms with Crippen LogP contribution in [-0.4, -0.2) is 4.83 Å². The van der Waals surface area contributed by atoms with Gasteiger partial charge in [0.15, 0.2) is 0 Å². The summed E-state index contributed by atoms with van der Waals surface area (Å²) in [5.41, 5.74) is 0.719. The molecular formula is C27H34BrP. The number of rotatable bonds is 3. The Kier molecular flexibility index (Phi) is 8.68. The molecule has 0 saturated carbocycles. The molecule has 29 heavy (non-hydrogen) atoms. The van der Waals surface area contributed by atoms with Crippen LogP contribution in [-0.2, 0) is 0 Å². The van der Waals surface area contributed by atoms with E-state index in [1.165, 1.54) is 15.9 Å². The molecule has 0 radical (unpaired) electrons. The lowest BCUT2D eigenvalue weighted by Gasteiger charge is -2.36. The van der Waals surface area contributed by atoms with E-state index >= 15 is 0 Å². The minimum atomic E-state index is -0.446. The molecule has 3 aromatic rings. The summed E-state index contributed by atoms with van der Waals surface area (Å²) in [6.07, 6.45) is 0. The topological polar surface area (TPSA) is 0 Å². The monoisotopic (exact) mass is 468 g/mol. The third kappa shape index (κ3) is 7.40. The van der Waals surface area contributed by atoms with E-state index in [2.05, 4.69) is 148 Å². The van der Waals surface area contributed by atoms with Crippen LogP contribution >= 0.6 is 23.9 Å². The lowest BCUT2D eigenvalue weighted by molar-refractivity contribution is 0.255.